The summed E-state index contributed by atoms with van der Waals surface area (Å²) in [6.45, 7) is 0. The van der Waals surface area contributed by atoms with Gasteiger partial charge in [-0.2, -0.15) is 0 Å². The van der Waals surface area contributed by atoms with Crippen LogP contribution in [0.1, 0.15) is 10.4 Å². The minimum absolute atomic E-state index is 0.0685. The standard InChI is InChI=1S/C10H13N3O4/c1-12(2)10(14)6-4-7(11)8(13(15)16)5-9(6)17-3/h4-5H,11H2,1-3H3. The van der Waals surface area contributed by atoms with Gasteiger partial charge in [-0.25, -0.2) is 0 Å². The molecule has 2 N–H and O–H groups in total. The van der Waals surface area contributed by atoms with E-state index < -0.39 is 4.92 Å². The Morgan fingerprint density at radius 2 is 2.06 bits per heavy atom. The Bertz CT molecular complexity index is 471. The predicted molar refractivity (Wildman–Crippen MR) is 62.1 cm³/mol. The number of rotatable bonds is 3. The highest BCUT2D eigenvalue weighted by molar-refractivity contribution is 5.98. The van der Waals surface area contributed by atoms with Crippen molar-refractivity contribution in [3.63, 3.8) is 0 Å². The van der Waals surface area contributed by atoms with Gasteiger partial charge in [0.1, 0.15) is 11.4 Å². The van der Waals surface area contributed by atoms with Crippen LogP contribution in [0.5, 0.6) is 5.75 Å². The fourth-order valence-electron chi connectivity index (χ4n) is 1.32. The number of hydrogen-bond donors (Lipinski definition) is 1. The second-order valence-corrected chi connectivity index (χ2v) is 3.57. The smallest absolute Gasteiger partial charge is 0.295 e. The topological polar surface area (TPSA) is 98.7 Å². The molecule has 0 aliphatic carbocycles. The molecule has 92 valence electrons. The summed E-state index contributed by atoms with van der Waals surface area (Å²) in [4.78, 5) is 23.2. The van der Waals surface area contributed by atoms with Crippen molar-refractivity contribution in [2.45, 2.75) is 0 Å². The molecule has 1 rings (SSSR count). The van der Waals surface area contributed by atoms with Crippen molar-refractivity contribution in [2.24, 2.45) is 0 Å². The number of anilines is 1. The highest BCUT2D eigenvalue weighted by Gasteiger charge is 2.21. The van der Waals surface area contributed by atoms with Gasteiger partial charge in [0.05, 0.1) is 23.7 Å². The average Bonchev–Trinajstić information content (AvgIpc) is 2.27. The molecule has 1 aromatic rings. The predicted octanol–water partition coefficient (Wildman–Crippen LogP) is 0.887. The number of carbonyl (C=O) groups is 1. The van der Waals surface area contributed by atoms with Gasteiger partial charge in [0.25, 0.3) is 11.6 Å². The zero-order valence-corrected chi connectivity index (χ0v) is 9.76. The lowest BCUT2D eigenvalue weighted by atomic mass is 10.1. The minimum Gasteiger partial charge on any atom is -0.496 e. The summed E-state index contributed by atoms with van der Waals surface area (Å²) in [5.74, 6) is -0.201. The maximum absolute atomic E-state index is 11.8. The molecule has 0 saturated carbocycles. The van der Waals surface area contributed by atoms with Crippen LogP contribution in [-0.2, 0) is 0 Å². The maximum Gasteiger partial charge on any atom is 0.295 e. The number of benzene rings is 1. The van der Waals surface area contributed by atoms with Crippen molar-refractivity contribution < 1.29 is 14.5 Å². The average molecular weight is 239 g/mol. The van der Waals surface area contributed by atoms with Crippen LogP contribution in [0.4, 0.5) is 11.4 Å². The molecule has 0 aliphatic heterocycles. The minimum atomic E-state index is -0.623. The number of methoxy groups -OCH3 is 1. The Morgan fingerprint density at radius 3 is 2.47 bits per heavy atom. The summed E-state index contributed by atoms with van der Waals surface area (Å²) in [5.41, 5.74) is 5.36. The summed E-state index contributed by atoms with van der Waals surface area (Å²) < 4.78 is 4.95. The number of nitrogen functional groups attached to an aromatic ring is 1. The molecular formula is C10H13N3O4. The lowest BCUT2D eigenvalue weighted by molar-refractivity contribution is -0.384. The maximum atomic E-state index is 11.8. The molecule has 0 aromatic heterocycles. The molecule has 7 nitrogen and oxygen atoms in total. The summed E-state index contributed by atoms with van der Waals surface area (Å²) in [5, 5.41) is 10.7. The van der Waals surface area contributed by atoms with Crippen LogP contribution in [0.15, 0.2) is 12.1 Å². The van der Waals surface area contributed by atoms with Crippen LogP contribution < -0.4 is 10.5 Å². The third-order valence-corrected chi connectivity index (χ3v) is 2.18. The van der Waals surface area contributed by atoms with E-state index in [9.17, 15) is 14.9 Å². The Labute approximate surface area is 97.9 Å². The van der Waals surface area contributed by atoms with E-state index in [2.05, 4.69) is 0 Å². The van der Waals surface area contributed by atoms with Gasteiger partial charge in [-0.1, -0.05) is 0 Å². The Hall–Kier alpha value is -2.31. The molecule has 1 amide bonds. The fraction of sp³-hybridized carbons (Fsp3) is 0.300. The van der Waals surface area contributed by atoms with Gasteiger partial charge in [-0.15, -0.1) is 0 Å². The van der Waals surface area contributed by atoms with E-state index in [1.807, 2.05) is 0 Å². The van der Waals surface area contributed by atoms with Gasteiger partial charge >= 0.3 is 0 Å². The van der Waals surface area contributed by atoms with Crippen molar-refractivity contribution in [2.75, 3.05) is 26.9 Å². The van der Waals surface area contributed by atoms with Gasteiger partial charge in [0.2, 0.25) is 0 Å². The SMILES string of the molecule is COc1cc([N+](=O)[O-])c(N)cc1C(=O)N(C)C. The number of nitrogens with two attached hydrogens (primary N) is 1. The van der Waals surface area contributed by atoms with E-state index in [0.717, 1.165) is 6.07 Å². The molecule has 0 unspecified atom stereocenters. The van der Waals surface area contributed by atoms with Gasteiger partial charge in [-0.05, 0) is 6.07 Å². The molecule has 0 radical (unpaired) electrons. The van der Waals surface area contributed by atoms with Crippen LogP contribution in [-0.4, -0.2) is 36.9 Å². The first-order valence-corrected chi connectivity index (χ1v) is 4.72. The summed E-state index contributed by atoms with van der Waals surface area (Å²) in [7, 11) is 4.47. The van der Waals surface area contributed by atoms with Gasteiger partial charge in [-0.3, -0.25) is 14.9 Å². The molecule has 0 bridgehead atoms. The molecule has 0 spiro atoms. The Kier molecular flexibility index (Phi) is 3.52. The van der Waals surface area contributed by atoms with E-state index in [1.165, 1.54) is 18.1 Å². The molecule has 0 saturated heterocycles. The fourth-order valence-corrected chi connectivity index (χ4v) is 1.32. The zero-order chi connectivity index (χ0) is 13.2. The van der Waals surface area contributed by atoms with Gasteiger partial charge in [0, 0.05) is 14.1 Å². The van der Waals surface area contributed by atoms with E-state index in [1.54, 1.807) is 14.1 Å². The molecule has 0 fully saturated rings. The second kappa shape index (κ2) is 4.69. The third kappa shape index (κ3) is 2.44. The normalized spacial score (nSPS) is 9.82. The lowest BCUT2D eigenvalue weighted by Gasteiger charge is -2.13. The monoisotopic (exact) mass is 239 g/mol. The van der Waals surface area contributed by atoms with E-state index >= 15 is 0 Å². The van der Waals surface area contributed by atoms with E-state index in [0.29, 0.717) is 0 Å². The number of ether oxygens (including phenoxy) is 1. The second-order valence-electron chi connectivity index (χ2n) is 3.57. The van der Waals surface area contributed by atoms with Crippen molar-refractivity contribution >= 4 is 17.3 Å². The van der Waals surface area contributed by atoms with Crippen molar-refractivity contribution in [1.29, 1.82) is 0 Å². The number of hydrogen-bond acceptors (Lipinski definition) is 5. The Balaban J connectivity index is 3.38. The first kappa shape index (κ1) is 12.8. The van der Waals surface area contributed by atoms with Crippen LogP contribution >= 0.6 is 0 Å². The number of amides is 1. The van der Waals surface area contributed by atoms with Crippen LogP contribution in [0.3, 0.4) is 0 Å². The van der Waals surface area contributed by atoms with Crippen LogP contribution in [0.25, 0.3) is 0 Å². The van der Waals surface area contributed by atoms with E-state index in [-0.39, 0.29) is 28.6 Å². The largest absolute Gasteiger partial charge is 0.496 e. The third-order valence-electron chi connectivity index (χ3n) is 2.18. The number of carbonyl (C=O) groups excluding carboxylic acids is 1. The molecule has 0 atom stereocenters. The molecular weight excluding hydrogens is 226 g/mol. The van der Waals surface area contributed by atoms with Crippen molar-refractivity contribution in [1.82, 2.24) is 4.90 Å². The molecule has 0 heterocycles. The number of nitro groups is 1. The van der Waals surface area contributed by atoms with Gasteiger partial charge in [0.15, 0.2) is 0 Å². The molecule has 0 aliphatic rings. The summed E-state index contributed by atoms with van der Waals surface area (Å²) in [6, 6.07) is 2.39. The van der Waals surface area contributed by atoms with Crippen LogP contribution in [0.2, 0.25) is 0 Å². The van der Waals surface area contributed by atoms with Crippen molar-refractivity contribution in [3.8, 4) is 5.75 Å². The first-order chi connectivity index (χ1) is 7.88. The zero-order valence-electron chi connectivity index (χ0n) is 9.76. The van der Waals surface area contributed by atoms with Crippen molar-refractivity contribution in [3.05, 3.63) is 27.8 Å². The molecule has 1 aromatic carbocycles. The first-order valence-electron chi connectivity index (χ1n) is 4.72. The quantitative estimate of drug-likeness (QED) is 0.479. The van der Waals surface area contributed by atoms with E-state index in [4.69, 9.17) is 10.5 Å². The number of nitrogens with zero attached hydrogens (tertiary/aromatic N) is 2. The molecule has 7 heteroatoms. The molecule has 17 heavy (non-hydrogen) atoms. The highest BCUT2D eigenvalue weighted by atomic mass is 16.6. The number of nitro benzene ring substituents is 1. The summed E-state index contributed by atoms with van der Waals surface area (Å²) >= 11 is 0. The van der Waals surface area contributed by atoms with Crippen LogP contribution in [0, 0.1) is 10.1 Å². The summed E-state index contributed by atoms with van der Waals surface area (Å²) in [6.07, 6.45) is 0. The Morgan fingerprint density at radius 1 is 1.47 bits per heavy atom. The lowest BCUT2D eigenvalue weighted by Crippen LogP contribution is -2.22. The van der Waals surface area contributed by atoms with Gasteiger partial charge < -0.3 is 15.4 Å². The highest BCUT2D eigenvalue weighted by Crippen LogP contribution is 2.31.